The average Bonchev–Trinajstić information content (AvgIpc) is 2.94. The summed E-state index contributed by atoms with van der Waals surface area (Å²) in [7, 11) is -1.65. The van der Waals surface area contributed by atoms with Gasteiger partial charge >= 0.3 is 11.8 Å². The molecular formula is C14H19N3O5S. The average molecular weight is 341 g/mol. The van der Waals surface area contributed by atoms with Gasteiger partial charge in [-0.25, -0.2) is 9.78 Å². The van der Waals surface area contributed by atoms with E-state index in [1.807, 2.05) is 0 Å². The van der Waals surface area contributed by atoms with Crippen LogP contribution in [-0.2, 0) is 15.5 Å². The number of amides is 1. The lowest BCUT2D eigenvalue weighted by Crippen LogP contribution is -2.36. The molecule has 1 aromatic rings. The van der Waals surface area contributed by atoms with E-state index in [2.05, 4.69) is 4.98 Å². The first-order valence-corrected chi connectivity index (χ1v) is 8.38. The van der Waals surface area contributed by atoms with Gasteiger partial charge in [0.2, 0.25) is 5.03 Å². The Balaban J connectivity index is 2.09. The molecule has 1 fully saturated rings. The molecule has 1 amide bonds. The quantitative estimate of drug-likeness (QED) is 0.616. The minimum atomic E-state index is -1.65. The Hall–Kier alpha value is -2.03. The molecule has 2 atom stereocenters. The molecule has 9 heteroatoms. The minimum Gasteiger partial charge on any atom is -0.444 e. The molecule has 2 heterocycles. The first-order valence-electron chi connectivity index (χ1n) is 7.17. The van der Waals surface area contributed by atoms with Crippen LogP contribution < -0.4 is 0 Å². The molecule has 1 aromatic heterocycles. The molecule has 1 aliphatic rings. The third kappa shape index (κ3) is 4.25. The molecule has 0 unspecified atom stereocenters. The van der Waals surface area contributed by atoms with Crippen LogP contribution in [0.5, 0.6) is 0 Å². The van der Waals surface area contributed by atoms with Crippen molar-refractivity contribution < 1.29 is 18.7 Å². The second kappa shape index (κ2) is 6.61. The van der Waals surface area contributed by atoms with Gasteiger partial charge in [0.25, 0.3) is 0 Å². The fourth-order valence-electron chi connectivity index (χ4n) is 2.23. The lowest BCUT2D eigenvalue weighted by atomic mass is 10.2. The Labute approximate surface area is 136 Å². The Morgan fingerprint density at radius 3 is 2.83 bits per heavy atom. The molecule has 126 valence electrons. The van der Waals surface area contributed by atoms with Crippen molar-refractivity contribution in [2.75, 3.05) is 13.1 Å². The molecule has 0 aromatic carbocycles. The van der Waals surface area contributed by atoms with Gasteiger partial charge in [-0.05, 0) is 33.3 Å². The molecule has 2 rings (SSSR count). The number of likely N-dealkylation sites (tertiary alicyclic amines) is 1. The van der Waals surface area contributed by atoms with E-state index in [1.54, 1.807) is 20.8 Å². The SMILES string of the molecule is CC(C)(C)OC(=O)N1CC[C@H]([S@@](=O)c2ncccc2[N+](=O)[O-])C1. The summed E-state index contributed by atoms with van der Waals surface area (Å²) in [6, 6.07) is 2.71. The van der Waals surface area contributed by atoms with Crippen molar-refractivity contribution in [3.05, 3.63) is 28.4 Å². The molecule has 1 aliphatic heterocycles. The summed E-state index contributed by atoms with van der Waals surface area (Å²) in [5.41, 5.74) is -0.866. The van der Waals surface area contributed by atoms with Gasteiger partial charge in [-0.2, -0.15) is 0 Å². The molecule has 0 N–H and O–H groups in total. The first-order chi connectivity index (χ1) is 10.7. The van der Waals surface area contributed by atoms with Gasteiger partial charge in [0, 0.05) is 25.4 Å². The summed E-state index contributed by atoms with van der Waals surface area (Å²) in [6.45, 7) is 5.96. The van der Waals surface area contributed by atoms with Crippen LogP contribution in [0.4, 0.5) is 10.5 Å². The van der Waals surface area contributed by atoms with Gasteiger partial charge in [-0.3, -0.25) is 14.3 Å². The zero-order valence-corrected chi connectivity index (χ0v) is 14.0. The largest absolute Gasteiger partial charge is 0.444 e. The van der Waals surface area contributed by atoms with Gasteiger partial charge < -0.3 is 9.64 Å². The summed E-state index contributed by atoms with van der Waals surface area (Å²) in [5, 5.41) is 10.6. The van der Waals surface area contributed by atoms with Gasteiger partial charge in [0.1, 0.15) is 5.60 Å². The number of hydrogen-bond donors (Lipinski definition) is 0. The van der Waals surface area contributed by atoms with Crippen molar-refractivity contribution in [2.24, 2.45) is 0 Å². The van der Waals surface area contributed by atoms with Crippen molar-refractivity contribution >= 4 is 22.6 Å². The number of hydrogen-bond acceptors (Lipinski definition) is 6. The Morgan fingerprint density at radius 1 is 1.52 bits per heavy atom. The molecule has 23 heavy (non-hydrogen) atoms. The summed E-state index contributed by atoms with van der Waals surface area (Å²) in [4.78, 5) is 27.8. The summed E-state index contributed by atoms with van der Waals surface area (Å²) in [6.07, 6.45) is 1.40. The number of aromatic nitrogens is 1. The highest BCUT2D eigenvalue weighted by Gasteiger charge is 2.35. The normalized spacial score (nSPS) is 19.4. The van der Waals surface area contributed by atoms with Crippen LogP contribution >= 0.6 is 0 Å². The third-order valence-corrected chi connectivity index (χ3v) is 4.92. The van der Waals surface area contributed by atoms with Crippen molar-refractivity contribution in [1.29, 1.82) is 0 Å². The molecule has 0 bridgehead atoms. The maximum atomic E-state index is 12.6. The molecule has 0 radical (unpaired) electrons. The standard InChI is InChI=1S/C14H19N3O5S/c1-14(2,3)22-13(18)16-8-6-10(9-16)23(21)12-11(17(19)20)5-4-7-15-12/h4-5,7,10H,6,8-9H2,1-3H3/t10-,23+/m0/s1. The van der Waals surface area contributed by atoms with Crippen LogP contribution in [0.2, 0.25) is 0 Å². The van der Waals surface area contributed by atoms with Crippen LogP contribution in [0.15, 0.2) is 23.4 Å². The Morgan fingerprint density at radius 2 is 2.22 bits per heavy atom. The van der Waals surface area contributed by atoms with E-state index in [-0.39, 0.29) is 17.3 Å². The fourth-order valence-corrected chi connectivity index (χ4v) is 3.69. The summed E-state index contributed by atoms with van der Waals surface area (Å²) >= 11 is 0. The number of rotatable bonds is 3. The van der Waals surface area contributed by atoms with E-state index in [0.29, 0.717) is 13.0 Å². The van der Waals surface area contributed by atoms with Gasteiger partial charge in [0.15, 0.2) is 0 Å². The molecule has 0 aliphatic carbocycles. The van der Waals surface area contributed by atoms with E-state index in [4.69, 9.17) is 4.74 Å². The van der Waals surface area contributed by atoms with Crippen molar-refractivity contribution in [3.8, 4) is 0 Å². The van der Waals surface area contributed by atoms with Gasteiger partial charge in [-0.1, -0.05) is 0 Å². The second-order valence-corrected chi connectivity index (χ2v) is 7.87. The molecule has 0 saturated carbocycles. The van der Waals surface area contributed by atoms with Crippen LogP contribution in [-0.4, -0.2) is 49.0 Å². The van der Waals surface area contributed by atoms with Crippen LogP contribution in [0.25, 0.3) is 0 Å². The topological polar surface area (TPSA) is 103 Å². The third-order valence-electron chi connectivity index (χ3n) is 3.24. The monoisotopic (exact) mass is 341 g/mol. The van der Waals surface area contributed by atoms with Gasteiger partial charge in [0.05, 0.1) is 21.0 Å². The van der Waals surface area contributed by atoms with Crippen LogP contribution in [0.1, 0.15) is 27.2 Å². The highest BCUT2D eigenvalue weighted by molar-refractivity contribution is 7.85. The predicted octanol–water partition coefficient (Wildman–Crippen LogP) is 2.11. The zero-order chi connectivity index (χ0) is 17.2. The lowest BCUT2D eigenvalue weighted by molar-refractivity contribution is -0.388. The minimum absolute atomic E-state index is 0.0476. The number of pyridine rings is 1. The molecule has 8 nitrogen and oxygen atoms in total. The highest BCUT2D eigenvalue weighted by Crippen LogP contribution is 2.26. The zero-order valence-electron chi connectivity index (χ0n) is 13.2. The van der Waals surface area contributed by atoms with E-state index in [0.717, 1.165) is 0 Å². The van der Waals surface area contributed by atoms with Crippen molar-refractivity contribution in [2.45, 2.75) is 43.1 Å². The maximum absolute atomic E-state index is 12.6. The number of nitro groups is 1. The van der Waals surface area contributed by atoms with Crippen LogP contribution in [0, 0.1) is 10.1 Å². The summed E-state index contributed by atoms with van der Waals surface area (Å²) in [5.74, 6) is 0. The smallest absolute Gasteiger partial charge is 0.410 e. The number of carbonyl (C=O) groups excluding carboxylic acids is 1. The predicted molar refractivity (Wildman–Crippen MR) is 83.5 cm³/mol. The molecular weight excluding hydrogens is 322 g/mol. The highest BCUT2D eigenvalue weighted by atomic mass is 32.2. The van der Waals surface area contributed by atoms with E-state index >= 15 is 0 Å². The Kier molecular flexibility index (Phi) is 4.98. The van der Waals surface area contributed by atoms with E-state index in [9.17, 15) is 19.1 Å². The molecule has 1 saturated heterocycles. The number of nitrogens with zero attached hydrogens (tertiary/aromatic N) is 3. The number of carbonyl (C=O) groups is 1. The van der Waals surface area contributed by atoms with Crippen molar-refractivity contribution in [3.63, 3.8) is 0 Å². The lowest BCUT2D eigenvalue weighted by Gasteiger charge is -2.24. The first kappa shape index (κ1) is 17.3. The number of ether oxygens (including phenoxy) is 1. The summed E-state index contributed by atoms with van der Waals surface area (Å²) < 4.78 is 17.9. The second-order valence-electron chi connectivity index (χ2n) is 6.22. The fraction of sp³-hybridized carbons (Fsp3) is 0.571. The van der Waals surface area contributed by atoms with Gasteiger partial charge in [-0.15, -0.1) is 0 Å². The van der Waals surface area contributed by atoms with Crippen LogP contribution in [0.3, 0.4) is 0 Å². The van der Waals surface area contributed by atoms with E-state index in [1.165, 1.54) is 23.2 Å². The molecule has 0 spiro atoms. The Bertz CT molecular complexity index is 644. The van der Waals surface area contributed by atoms with E-state index < -0.39 is 32.7 Å². The maximum Gasteiger partial charge on any atom is 0.410 e. The van der Waals surface area contributed by atoms with Crippen molar-refractivity contribution in [1.82, 2.24) is 9.88 Å².